The summed E-state index contributed by atoms with van der Waals surface area (Å²) in [7, 11) is 0. The van der Waals surface area contributed by atoms with Crippen molar-refractivity contribution in [3.63, 3.8) is 0 Å². The molecule has 1 saturated heterocycles. The van der Waals surface area contributed by atoms with E-state index in [-0.39, 0.29) is 0 Å². The number of hydrogen-bond donors (Lipinski definition) is 1. The van der Waals surface area contributed by atoms with Gasteiger partial charge < -0.3 is 10.6 Å². The normalized spacial score (nSPS) is 36.9. The first-order chi connectivity index (χ1) is 7.57. The van der Waals surface area contributed by atoms with Crippen LogP contribution in [0, 0.1) is 5.41 Å². The van der Waals surface area contributed by atoms with Gasteiger partial charge in [-0.2, -0.15) is 0 Å². The molecule has 0 aromatic carbocycles. The van der Waals surface area contributed by atoms with Crippen LogP contribution in [0.25, 0.3) is 0 Å². The van der Waals surface area contributed by atoms with E-state index in [1.54, 1.807) is 0 Å². The third-order valence-electron chi connectivity index (χ3n) is 4.63. The summed E-state index contributed by atoms with van der Waals surface area (Å²) in [6.45, 7) is 7.48. The lowest BCUT2D eigenvalue weighted by Gasteiger charge is -2.35. The maximum absolute atomic E-state index is 5.98. The molecule has 2 heteroatoms. The SMILES string of the molecule is CC1(C)CCCN(C2CCC(N)CC2)CC1. The van der Waals surface area contributed by atoms with Crippen LogP contribution in [0.1, 0.15) is 58.8 Å². The molecule has 2 nitrogen and oxygen atoms in total. The maximum Gasteiger partial charge on any atom is 0.00964 e. The molecule has 2 fully saturated rings. The Morgan fingerprint density at radius 3 is 2.38 bits per heavy atom. The van der Waals surface area contributed by atoms with Crippen LogP contribution in [-0.4, -0.2) is 30.1 Å². The highest BCUT2D eigenvalue weighted by atomic mass is 15.2. The van der Waals surface area contributed by atoms with Gasteiger partial charge in [-0.1, -0.05) is 13.8 Å². The molecule has 0 radical (unpaired) electrons. The zero-order valence-corrected chi connectivity index (χ0v) is 11.0. The molecule has 0 unspecified atom stereocenters. The average molecular weight is 224 g/mol. The van der Waals surface area contributed by atoms with E-state index in [2.05, 4.69) is 18.7 Å². The summed E-state index contributed by atoms with van der Waals surface area (Å²) in [6.07, 6.45) is 9.30. The van der Waals surface area contributed by atoms with Crippen LogP contribution in [-0.2, 0) is 0 Å². The van der Waals surface area contributed by atoms with Crippen LogP contribution in [0.15, 0.2) is 0 Å². The largest absolute Gasteiger partial charge is 0.328 e. The standard InChI is InChI=1S/C14H28N2/c1-14(2)8-3-10-16(11-9-14)13-6-4-12(15)5-7-13/h12-13H,3-11,15H2,1-2H3. The quantitative estimate of drug-likeness (QED) is 0.742. The Bertz CT molecular complexity index is 217. The predicted molar refractivity (Wildman–Crippen MR) is 69.4 cm³/mol. The van der Waals surface area contributed by atoms with E-state index in [9.17, 15) is 0 Å². The molecule has 1 aliphatic heterocycles. The molecule has 0 atom stereocenters. The van der Waals surface area contributed by atoms with Crippen LogP contribution >= 0.6 is 0 Å². The molecule has 1 heterocycles. The van der Waals surface area contributed by atoms with Crippen LogP contribution in [0.4, 0.5) is 0 Å². The fraction of sp³-hybridized carbons (Fsp3) is 1.00. The van der Waals surface area contributed by atoms with Crippen LogP contribution in [0.5, 0.6) is 0 Å². The molecule has 16 heavy (non-hydrogen) atoms. The van der Waals surface area contributed by atoms with Gasteiger partial charge in [0.25, 0.3) is 0 Å². The minimum absolute atomic E-state index is 0.486. The number of likely N-dealkylation sites (tertiary alicyclic amines) is 1. The third-order valence-corrected chi connectivity index (χ3v) is 4.63. The topological polar surface area (TPSA) is 29.3 Å². The Balaban J connectivity index is 1.85. The van der Waals surface area contributed by atoms with Crippen LogP contribution < -0.4 is 5.73 Å². The van der Waals surface area contributed by atoms with Crippen molar-refractivity contribution in [1.82, 2.24) is 4.90 Å². The van der Waals surface area contributed by atoms with E-state index in [1.807, 2.05) is 0 Å². The van der Waals surface area contributed by atoms with Gasteiger partial charge in [0.1, 0.15) is 0 Å². The summed E-state index contributed by atoms with van der Waals surface area (Å²) in [4.78, 5) is 2.75. The van der Waals surface area contributed by atoms with Gasteiger partial charge in [-0.3, -0.25) is 0 Å². The molecule has 0 bridgehead atoms. The Morgan fingerprint density at radius 2 is 1.69 bits per heavy atom. The summed E-state index contributed by atoms with van der Waals surface area (Å²) in [5, 5.41) is 0. The zero-order valence-electron chi connectivity index (χ0n) is 11.0. The number of nitrogens with zero attached hydrogens (tertiary/aromatic N) is 1. The molecule has 0 amide bonds. The lowest BCUT2D eigenvalue weighted by molar-refractivity contribution is 0.150. The zero-order chi connectivity index (χ0) is 11.6. The van der Waals surface area contributed by atoms with Crippen molar-refractivity contribution in [2.75, 3.05) is 13.1 Å². The fourth-order valence-corrected chi connectivity index (χ4v) is 3.28. The number of hydrogen-bond acceptors (Lipinski definition) is 2. The van der Waals surface area contributed by atoms with Crippen molar-refractivity contribution < 1.29 is 0 Å². The number of rotatable bonds is 1. The average Bonchev–Trinajstić information content (AvgIpc) is 2.41. The van der Waals surface area contributed by atoms with Gasteiger partial charge in [0.2, 0.25) is 0 Å². The van der Waals surface area contributed by atoms with E-state index >= 15 is 0 Å². The molecular weight excluding hydrogens is 196 g/mol. The lowest BCUT2D eigenvalue weighted by atomic mass is 9.85. The highest BCUT2D eigenvalue weighted by molar-refractivity contribution is 4.84. The van der Waals surface area contributed by atoms with E-state index < -0.39 is 0 Å². The molecular formula is C14H28N2. The smallest absolute Gasteiger partial charge is 0.00964 e. The summed E-state index contributed by atoms with van der Waals surface area (Å²) in [5.41, 5.74) is 6.55. The first kappa shape index (κ1) is 12.4. The van der Waals surface area contributed by atoms with Gasteiger partial charge in [-0.15, -0.1) is 0 Å². The van der Waals surface area contributed by atoms with E-state index in [1.165, 1.54) is 58.0 Å². The van der Waals surface area contributed by atoms with Crippen LogP contribution in [0.2, 0.25) is 0 Å². The molecule has 2 N–H and O–H groups in total. The highest BCUT2D eigenvalue weighted by Gasteiger charge is 2.28. The van der Waals surface area contributed by atoms with Gasteiger partial charge in [0, 0.05) is 12.1 Å². The Kier molecular flexibility index (Phi) is 3.91. The Labute approximate surface area is 101 Å². The maximum atomic E-state index is 5.98. The van der Waals surface area contributed by atoms with Crippen molar-refractivity contribution >= 4 is 0 Å². The first-order valence-corrected chi connectivity index (χ1v) is 7.06. The molecule has 1 saturated carbocycles. The molecule has 0 aromatic rings. The van der Waals surface area contributed by atoms with E-state index in [0.29, 0.717) is 11.5 Å². The third kappa shape index (κ3) is 3.21. The summed E-state index contributed by atoms with van der Waals surface area (Å²) in [6, 6.07) is 1.33. The minimum atomic E-state index is 0.486. The van der Waals surface area contributed by atoms with Gasteiger partial charge in [-0.25, -0.2) is 0 Å². The predicted octanol–water partition coefficient (Wildman–Crippen LogP) is 2.77. The fourth-order valence-electron chi connectivity index (χ4n) is 3.28. The summed E-state index contributed by atoms with van der Waals surface area (Å²) < 4.78 is 0. The second-order valence-electron chi connectivity index (χ2n) is 6.62. The van der Waals surface area contributed by atoms with Gasteiger partial charge in [0.05, 0.1) is 0 Å². The molecule has 0 aromatic heterocycles. The van der Waals surface area contributed by atoms with Crippen molar-refractivity contribution in [2.24, 2.45) is 11.1 Å². The van der Waals surface area contributed by atoms with Gasteiger partial charge in [0.15, 0.2) is 0 Å². The van der Waals surface area contributed by atoms with Gasteiger partial charge in [-0.05, 0) is 63.5 Å². The van der Waals surface area contributed by atoms with Gasteiger partial charge >= 0.3 is 0 Å². The molecule has 2 rings (SSSR count). The van der Waals surface area contributed by atoms with E-state index in [0.717, 1.165) is 6.04 Å². The second kappa shape index (κ2) is 5.05. The minimum Gasteiger partial charge on any atom is -0.328 e. The summed E-state index contributed by atoms with van der Waals surface area (Å²) in [5.74, 6) is 0. The van der Waals surface area contributed by atoms with Crippen molar-refractivity contribution in [2.45, 2.75) is 70.9 Å². The number of nitrogens with two attached hydrogens (primary N) is 1. The van der Waals surface area contributed by atoms with Crippen molar-refractivity contribution in [1.29, 1.82) is 0 Å². The van der Waals surface area contributed by atoms with Crippen molar-refractivity contribution in [3.8, 4) is 0 Å². The lowest BCUT2D eigenvalue weighted by Crippen LogP contribution is -2.41. The Hall–Kier alpha value is -0.0800. The summed E-state index contributed by atoms with van der Waals surface area (Å²) >= 11 is 0. The molecule has 94 valence electrons. The monoisotopic (exact) mass is 224 g/mol. The first-order valence-electron chi connectivity index (χ1n) is 7.06. The van der Waals surface area contributed by atoms with Crippen molar-refractivity contribution in [3.05, 3.63) is 0 Å². The molecule has 2 aliphatic rings. The molecule has 1 aliphatic carbocycles. The highest BCUT2D eigenvalue weighted by Crippen LogP contribution is 2.32. The van der Waals surface area contributed by atoms with E-state index in [4.69, 9.17) is 5.73 Å². The second-order valence-corrected chi connectivity index (χ2v) is 6.62. The van der Waals surface area contributed by atoms with Crippen LogP contribution in [0.3, 0.4) is 0 Å². The molecule has 0 spiro atoms. The Morgan fingerprint density at radius 1 is 1.00 bits per heavy atom.